The van der Waals surface area contributed by atoms with Gasteiger partial charge < -0.3 is 0 Å². The molecule has 0 fully saturated rings. The Bertz CT molecular complexity index is 296. The molecule has 1 atom stereocenters. The zero-order chi connectivity index (χ0) is 8.43. The first-order valence-electron chi connectivity index (χ1n) is 3.17. The summed E-state index contributed by atoms with van der Waals surface area (Å²) in [6, 6.07) is 4.28. The number of rotatable bonds is 1. The maximum atomic E-state index is 12.6. The van der Waals surface area contributed by atoms with Crippen molar-refractivity contribution < 1.29 is 9.18 Å². The van der Waals surface area contributed by atoms with E-state index in [1.807, 2.05) is 0 Å². The van der Waals surface area contributed by atoms with Gasteiger partial charge in [-0.2, -0.15) is 0 Å². The molecule has 0 heterocycles. The molecule has 1 aromatic carbocycles. The first-order valence-corrected chi connectivity index (χ1v) is 3.75. The van der Waals surface area contributed by atoms with Gasteiger partial charge in [0.25, 0.3) is 0 Å². The molecule has 3 heteroatoms. The summed E-state index contributed by atoms with van der Waals surface area (Å²) >= 11 is 0. The number of benzene rings is 1. The van der Waals surface area contributed by atoms with Crippen LogP contribution in [0.2, 0.25) is 0 Å². The minimum atomic E-state index is -0.306. The van der Waals surface area contributed by atoms with E-state index < -0.39 is 0 Å². The molecule has 0 radical (unpaired) electrons. The highest BCUT2D eigenvalue weighted by Crippen LogP contribution is 2.04. The first-order chi connectivity index (χ1) is 5.11. The summed E-state index contributed by atoms with van der Waals surface area (Å²) in [5, 5.41) is 0.428. The van der Waals surface area contributed by atoms with Gasteiger partial charge in [-0.1, -0.05) is 0 Å². The van der Waals surface area contributed by atoms with Crippen LogP contribution in [0.15, 0.2) is 18.2 Å². The van der Waals surface area contributed by atoms with Crippen LogP contribution in [-0.4, -0.2) is 5.78 Å². The molecule has 1 rings (SSSR count). The number of carbonyl (C=O) groups is 1. The average molecular weight is 170 g/mol. The van der Waals surface area contributed by atoms with E-state index in [2.05, 4.69) is 9.24 Å². The molecule has 0 aliphatic rings. The molecule has 0 aromatic heterocycles. The molecule has 0 spiro atoms. The Balaban J connectivity index is 3.15. The van der Waals surface area contributed by atoms with E-state index in [1.54, 1.807) is 0 Å². The van der Waals surface area contributed by atoms with Gasteiger partial charge >= 0.3 is 0 Å². The van der Waals surface area contributed by atoms with Gasteiger partial charge in [0, 0.05) is 10.9 Å². The van der Waals surface area contributed by atoms with E-state index in [1.165, 1.54) is 25.1 Å². The van der Waals surface area contributed by atoms with Gasteiger partial charge in [-0.15, -0.1) is 9.24 Å². The minimum Gasteiger partial charge on any atom is -0.295 e. The Kier molecular flexibility index (Phi) is 2.35. The van der Waals surface area contributed by atoms with E-state index in [0.29, 0.717) is 10.9 Å². The molecule has 1 nitrogen and oxygen atoms in total. The average Bonchev–Trinajstić information content (AvgIpc) is 1.94. The van der Waals surface area contributed by atoms with Crippen molar-refractivity contribution in [1.82, 2.24) is 0 Å². The van der Waals surface area contributed by atoms with Gasteiger partial charge in [0.15, 0.2) is 5.78 Å². The predicted octanol–water partition coefficient (Wildman–Crippen LogP) is 1.53. The molecule has 58 valence electrons. The van der Waals surface area contributed by atoms with E-state index in [0.717, 1.165) is 0 Å². The third kappa shape index (κ3) is 1.84. The lowest BCUT2D eigenvalue weighted by Gasteiger charge is -1.97. The van der Waals surface area contributed by atoms with Crippen LogP contribution in [0.1, 0.15) is 17.3 Å². The van der Waals surface area contributed by atoms with Crippen molar-refractivity contribution in [2.75, 3.05) is 0 Å². The van der Waals surface area contributed by atoms with Crippen molar-refractivity contribution in [3.05, 3.63) is 29.6 Å². The molecule has 0 bridgehead atoms. The zero-order valence-corrected chi connectivity index (χ0v) is 7.25. The van der Waals surface area contributed by atoms with Gasteiger partial charge in [-0.05, 0) is 25.1 Å². The highest BCUT2D eigenvalue weighted by atomic mass is 31.0. The molecule has 0 N–H and O–H groups in total. The molecule has 0 aliphatic heterocycles. The summed E-state index contributed by atoms with van der Waals surface area (Å²) in [7, 11) is 2.24. The van der Waals surface area contributed by atoms with Crippen LogP contribution < -0.4 is 5.30 Å². The zero-order valence-electron chi connectivity index (χ0n) is 6.10. The summed E-state index contributed by atoms with van der Waals surface area (Å²) in [5.74, 6) is -0.353. The van der Waals surface area contributed by atoms with E-state index in [4.69, 9.17) is 0 Å². The highest BCUT2D eigenvalue weighted by Gasteiger charge is 2.01. The lowest BCUT2D eigenvalue weighted by Crippen LogP contribution is -2.02. The Hall–Kier alpha value is -0.750. The van der Waals surface area contributed by atoms with Crippen molar-refractivity contribution in [3.63, 3.8) is 0 Å². The quantitative estimate of drug-likeness (QED) is 0.461. The monoisotopic (exact) mass is 170 g/mol. The van der Waals surface area contributed by atoms with Gasteiger partial charge in [-0.25, -0.2) is 4.39 Å². The number of hydrogen-bond acceptors (Lipinski definition) is 1. The van der Waals surface area contributed by atoms with Crippen molar-refractivity contribution in [2.24, 2.45) is 0 Å². The normalized spacial score (nSPS) is 9.73. The lowest BCUT2D eigenvalue weighted by molar-refractivity contribution is 0.101. The van der Waals surface area contributed by atoms with Crippen molar-refractivity contribution >= 4 is 20.3 Å². The summed E-state index contributed by atoms with van der Waals surface area (Å²) in [6.45, 7) is 1.46. The minimum absolute atomic E-state index is 0.0475. The SMILES string of the molecule is CC(=O)c1ccc(F)c(P)c1. The summed E-state index contributed by atoms with van der Waals surface area (Å²) in [5.41, 5.74) is 0.538. The maximum absolute atomic E-state index is 12.6. The fraction of sp³-hybridized carbons (Fsp3) is 0.125. The van der Waals surface area contributed by atoms with Crippen molar-refractivity contribution in [2.45, 2.75) is 6.92 Å². The number of Topliss-reactive ketones (excluding diaryl/α,β-unsaturated/α-hetero) is 1. The predicted molar refractivity (Wildman–Crippen MR) is 45.7 cm³/mol. The Morgan fingerprint density at radius 1 is 1.55 bits per heavy atom. The lowest BCUT2D eigenvalue weighted by atomic mass is 10.1. The van der Waals surface area contributed by atoms with E-state index in [9.17, 15) is 9.18 Å². The van der Waals surface area contributed by atoms with Crippen LogP contribution in [0, 0.1) is 5.82 Å². The van der Waals surface area contributed by atoms with E-state index in [-0.39, 0.29) is 11.6 Å². The summed E-state index contributed by atoms with van der Waals surface area (Å²) in [4.78, 5) is 10.8. The smallest absolute Gasteiger partial charge is 0.159 e. The number of ketones is 1. The van der Waals surface area contributed by atoms with Crippen LogP contribution in [0.25, 0.3) is 0 Å². The number of halogens is 1. The Labute approximate surface area is 66.8 Å². The third-order valence-corrected chi connectivity index (χ3v) is 1.84. The molecule has 0 saturated heterocycles. The molecular weight excluding hydrogens is 162 g/mol. The second-order valence-corrected chi connectivity index (χ2v) is 2.91. The molecular formula is C8H8FOP. The highest BCUT2D eigenvalue weighted by molar-refractivity contribution is 7.27. The Morgan fingerprint density at radius 2 is 2.18 bits per heavy atom. The van der Waals surface area contributed by atoms with Crippen LogP contribution in [0.3, 0.4) is 0 Å². The van der Waals surface area contributed by atoms with Crippen LogP contribution in [0.5, 0.6) is 0 Å². The standard InChI is InChI=1S/C8H8FOP/c1-5(10)6-2-3-7(9)8(11)4-6/h2-4H,11H2,1H3. The second kappa shape index (κ2) is 3.10. The van der Waals surface area contributed by atoms with Crippen LogP contribution in [0.4, 0.5) is 4.39 Å². The number of carbonyl (C=O) groups excluding carboxylic acids is 1. The number of hydrogen-bond donors (Lipinski definition) is 0. The van der Waals surface area contributed by atoms with Crippen molar-refractivity contribution in [1.29, 1.82) is 0 Å². The van der Waals surface area contributed by atoms with Crippen LogP contribution in [-0.2, 0) is 0 Å². The van der Waals surface area contributed by atoms with Gasteiger partial charge in [0.2, 0.25) is 0 Å². The van der Waals surface area contributed by atoms with Crippen LogP contribution >= 0.6 is 9.24 Å². The fourth-order valence-electron chi connectivity index (χ4n) is 0.763. The third-order valence-electron chi connectivity index (χ3n) is 1.40. The van der Waals surface area contributed by atoms with Gasteiger partial charge in [0.05, 0.1) is 0 Å². The molecule has 1 unspecified atom stereocenters. The molecule has 0 amide bonds. The first kappa shape index (κ1) is 8.35. The van der Waals surface area contributed by atoms with Gasteiger partial charge in [0.1, 0.15) is 5.82 Å². The molecule has 0 aliphatic carbocycles. The fourth-order valence-corrected chi connectivity index (χ4v) is 1.04. The topological polar surface area (TPSA) is 17.1 Å². The van der Waals surface area contributed by atoms with E-state index >= 15 is 0 Å². The summed E-state index contributed by atoms with van der Waals surface area (Å²) in [6.07, 6.45) is 0. The Morgan fingerprint density at radius 3 is 2.64 bits per heavy atom. The largest absolute Gasteiger partial charge is 0.295 e. The maximum Gasteiger partial charge on any atom is 0.159 e. The molecule has 0 saturated carbocycles. The second-order valence-electron chi connectivity index (χ2n) is 2.29. The summed E-state index contributed by atoms with van der Waals surface area (Å²) < 4.78 is 12.6. The molecule has 1 aromatic rings. The van der Waals surface area contributed by atoms with Crippen molar-refractivity contribution in [3.8, 4) is 0 Å². The van der Waals surface area contributed by atoms with Gasteiger partial charge in [-0.3, -0.25) is 4.79 Å². The molecule has 11 heavy (non-hydrogen) atoms.